The van der Waals surface area contributed by atoms with E-state index in [1.807, 2.05) is 7.05 Å². The second-order valence-electron chi connectivity index (χ2n) is 5.08. The molecular weight excluding hydrogens is 268 g/mol. The minimum absolute atomic E-state index is 0.748. The Bertz CT molecular complexity index is 599. The highest BCUT2D eigenvalue weighted by Gasteiger charge is 2.14. The molecule has 0 atom stereocenters. The van der Waals surface area contributed by atoms with Crippen molar-refractivity contribution >= 4 is 28.4 Å². The quantitative estimate of drug-likeness (QED) is 0.769. The summed E-state index contributed by atoms with van der Waals surface area (Å²) < 4.78 is 0. The summed E-state index contributed by atoms with van der Waals surface area (Å²) in [6, 6.07) is 6.42. The molecule has 0 spiro atoms. The molecule has 0 aliphatic carbocycles. The highest BCUT2D eigenvalue weighted by atomic mass is 32.1. The lowest BCUT2D eigenvalue weighted by molar-refractivity contribution is 0.112. The molecule has 0 bridgehead atoms. The van der Waals surface area contributed by atoms with E-state index >= 15 is 0 Å². The predicted molar refractivity (Wildman–Crippen MR) is 85.5 cm³/mol. The van der Waals surface area contributed by atoms with Gasteiger partial charge in [-0.3, -0.25) is 4.79 Å². The second-order valence-corrected chi connectivity index (χ2v) is 6.09. The van der Waals surface area contributed by atoms with Crippen LogP contribution in [0.5, 0.6) is 0 Å². The minimum atomic E-state index is 0.748. The van der Waals surface area contributed by atoms with Crippen LogP contribution in [0.1, 0.15) is 39.8 Å². The Morgan fingerprint density at radius 3 is 2.45 bits per heavy atom. The number of carbonyl (C=O) groups is 1. The number of rotatable bonds is 5. The van der Waals surface area contributed by atoms with Gasteiger partial charge in [0.1, 0.15) is 0 Å². The Morgan fingerprint density at radius 2 is 1.90 bits per heavy atom. The number of carbonyl (C=O) groups excluding carboxylic acids is 1. The molecular formula is C16H20N2OS. The van der Waals surface area contributed by atoms with E-state index in [-0.39, 0.29) is 0 Å². The molecule has 0 fully saturated rings. The van der Waals surface area contributed by atoms with Crippen molar-refractivity contribution in [1.82, 2.24) is 4.98 Å². The average molecular weight is 288 g/mol. The van der Waals surface area contributed by atoms with Gasteiger partial charge in [-0.25, -0.2) is 4.98 Å². The molecule has 0 unspecified atom stereocenters. The minimum Gasteiger partial charge on any atom is -0.321 e. The highest BCUT2D eigenvalue weighted by molar-refractivity contribution is 7.17. The summed E-state index contributed by atoms with van der Waals surface area (Å²) >= 11 is 1.46. The largest absolute Gasteiger partial charge is 0.321 e. The number of benzene rings is 1. The first-order valence-corrected chi connectivity index (χ1v) is 7.63. The van der Waals surface area contributed by atoms with Crippen LogP contribution < -0.4 is 4.90 Å². The maximum Gasteiger partial charge on any atom is 0.190 e. The van der Waals surface area contributed by atoms with Crippen molar-refractivity contribution in [1.29, 1.82) is 0 Å². The van der Waals surface area contributed by atoms with Gasteiger partial charge in [-0.15, -0.1) is 0 Å². The maximum atomic E-state index is 11.1. The first-order valence-electron chi connectivity index (χ1n) is 6.82. The van der Waals surface area contributed by atoms with Crippen LogP contribution in [0.15, 0.2) is 18.2 Å². The Kier molecular flexibility index (Phi) is 4.55. The second kappa shape index (κ2) is 6.18. The van der Waals surface area contributed by atoms with Crippen LogP contribution in [0.2, 0.25) is 0 Å². The molecule has 1 aromatic carbocycles. The maximum absolute atomic E-state index is 11.1. The van der Waals surface area contributed by atoms with Gasteiger partial charge < -0.3 is 4.90 Å². The number of aldehydes is 1. The van der Waals surface area contributed by atoms with E-state index < -0.39 is 0 Å². The van der Waals surface area contributed by atoms with Crippen molar-refractivity contribution in [2.75, 3.05) is 11.9 Å². The van der Waals surface area contributed by atoms with Gasteiger partial charge in [0.25, 0.3) is 0 Å². The van der Waals surface area contributed by atoms with Crippen LogP contribution in [0.25, 0.3) is 0 Å². The van der Waals surface area contributed by atoms with Gasteiger partial charge in [0.05, 0.1) is 10.6 Å². The first-order chi connectivity index (χ1) is 9.55. The van der Waals surface area contributed by atoms with Crippen molar-refractivity contribution in [3.63, 3.8) is 0 Å². The topological polar surface area (TPSA) is 33.2 Å². The molecule has 2 rings (SSSR count). The predicted octanol–water partition coefficient (Wildman–Crippen LogP) is 4.29. The zero-order valence-corrected chi connectivity index (χ0v) is 13.3. The number of thiazole rings is 1. The van der Waals surface area contributed by atoms with E-state index in [1.165, 1.54) is 22.5 Å². The number of nitrogens with zero attached hydrogens (tertiary/aromatic N) is 2. The third-order valence-electron chi connectivity index (χ3n) is 3.19. The Labute approximate surface area is 124 Å². The van der Waals surface area contributed by atoms with Gasteiger partial charge in [0.2, 0.25) is 0 Å². The summed E-state index contributed by atoms with van der Waals surface area (Å²) in [6.07, 6.45) is 2.77. The van der Waals surface area contributed by atoms with Crippen molar-refractivity contribution in [2.45, 2.75) is 33.6 Å². The van der Waals surface area contributed by atoms with E-state index in [4.69, 9.17) is 0 Å². The van der Waals surface area contributed by atoms with E-state index in [9.17, 15) is 4.79 Å². The van der Waals surface area contributed by atoms with E-state index in [0.717, 1.165) is 40.5 Å². The summed E-state index contributed by atoms with van der Waals surface area (Å²) in [5.74, 6) is 0. The molecule has 0 saturated carbocycles. The van der Waals surface area contributed by atoms with Crippen molar-refractivity contribution < 1.29 is 4.79 Å². The van der Waals surface area contributed by atoms with Crippen molar-refractivity contribution in [2.24, 2.45) is 0 Å². The molecule has 2 aromatic rings. The van der Waals surface area contributed by atoms with Crippen LogP contribution >= 0.6 is 11.3 Å². The van der Waals surface area contributed by atoms with Crippen LogP contribution in [0.4, 0.5) is 10.8 Å². The molecule has 0 saturated heterocycles. The molecule has 20 heavy (non-hydrogen) atoms. The van der Waals surface area contributed by atoms with Gasteiger partial charge in [-0.1, -0.05) is 30.7 Å². The van der Waals surface area contributed by atoms with Gasteiger partial charge >= 0.3 is 0 Å². The number of anilines is 2. The van der Waals surface area contributed by atoms with E-state index in [1.54, 1.807) is 0 Å². The summed E-state index contributed by atoms with van der Waals surface area (Å²) in [5, 5.41) is 0.876. The molecule has 0 radical (unpaired) electrons. The van der Waals surface area contributed by atoms with Gasteiger partial charge in [-0.2, -0.15) is 0 Å². The molecule has 4 heteroatoms. The van der Waals surface area contributed by atoms with Gasteiger partial charge in [-0.05, 0) is 43.5 Å². The van der Waals surface area contributed by atoms with Crippen LogP contribution in [0.3, 0.4) is 0 Å². The lowest BCUT2D eigenvalue weighted by Crippen LogP contribution is -2.09. The highest BCUT2D eigenvalue weighted by Crippen LogP contribution is 2.31. The SMILES string of the molecule is CCCc1nc(N(C)c2cc(C)cc(C)c2)sc1C=O. The van der Waals surface area contributed by atoms with E-state index in [0.29, 0.717) is 0 Å². The van der Waals surface area contributed by atoms with Crippen molar-refractivity contribution in [3.05, 3.63) is 39.9 Å². The lowest BCUT2D eigenvalue weighted by atomic mass is 10.1. The van der Waals surface area contributed by atoms with Crippen LogP contribution in [-0.4, -0.2) is 18.3 Å². The fourth-order valence-electron chi connectivity index (χ4n) is 2.26. The average Bonchev–Trinajstić information content (AvgIpc) is 2.80. The zero-order chi connectivity index (χ0) is 14.7. The lowest BCUT2D eigenvalue weighted by Gasteiger charge is -2.17. The monoisotopic (exact) mass is 288 g/mol. The molecule has 0 N–H and O–H groups in total. The zero-order valence-electron chi connectivity index (χ0n) is 12.4. The fraction of sp³-hybridized carbons (Fsp3) is 0.375. The Morgan fingerprint density at radius 1 is 1.25 bits per heavy atom. The Hall–Kier alpha value is -1.68. The normalized spacial score (nSPS) is 10.6. The molecule has 106 valence electrons. The molecule has 3 nitrogen and oxygen atoms in total. The van der Waals surface area contributed by atoms with Crippen LogP contribution in [0, 0.1) is 13.8 Å². The summed E-state index contributed by atoms with van der Waals surface area (Å²) in [6.45, 7) is 6.28. The van der Waals surface area contributed by atoms with Gasteiger partial charge in [0, 0.05) is 12.7 Å². The Balaban J connectivity index is 2.37. The number of hydrogen-bond donors (Lipinski definition) is 0. The fourth-order valence-corrected chi connectivity index (χ4v) is 3.17. The van der Waals surface area contributed by atoms with Crippen molar-refractivity contribution in [3.8, 4) is 0 Å². The summed E-state index contributed by atoms with van der Waals surface area (Å²) in [5.41, 5.74) is 4.48. The standard InChI is InChI=1S/C16H20N2OS/c1-5-6-14-15(10-19)20-16(17-14)18(4)13-8-11(2)7-12(3)9-13/h7-10H,5-6H2,1-4H3. The summed E-state index contributed by atoms with van der Waals surface area (Å²) in [4.78, 5) is 18.6. The van der Waals surface area contributed by atoms with Crippen LogP contribution in [-0.2, 0) is 6.42 Å². The third kappa shape index (κ3) is 3.07. The molecule has 1 heterocycles. The summed E-state index contributed by atoms with van der Waals surface area (Å²) in [7, 11) is 2.00. The number of hydrogen-bond acceptors (Lipinski definition) is 4. The number of aromatic nitrogens is 1. The molecule has 1 aromatic heterocycles. The molecule has 0 amide bonds. The number of aryl methyl sites for hydroxylation is 3. The molecule has 0 aliphatic heterocycles. The smallest absolute Gasteiger partial charge is 0.190 e. The van der Waals surface area contributed by atoms with E-state index in [2.05, 4.69) is 48.9 Å². The third-order valence-corrected chi connectivity index (χ3v) is 4.29. The molecule has 0 aliphatic rings. The van der Waals surface area contributed by atoms with Gasteiger partial charge in [0.15, 0.2) is 11.4 Å². The first kappa shape index (κ1) is 14.7.